The summed E-state index contributed by atoms with van der Waals surface area (Å²) in [6.07, 6.45) is 15.1. The number of terminal acetylenes is 1. The highest BCUT2D eigenvalue weighted by Crippen LogP contribution is 2.75. The van der Waals surface area contributed by atoms with Crippen LogP contribution in [0.5, 0.6) is 0 Å². The van der Waals surface area contributed by atoms with Crippen molar-refractivity contribution in [1.29, 1.82) is 0 Å². The van der Waals surface area contributed by atoms with E-state index in [0.29, 0.717) is 19.3 Å². The minimum atomic E-state index is -1.40. The molecule has 0 saturated heterocycles. The molecule has 12 atom stereocenters. The molecule has 8 nitrogen and oxygen atoms in total. The Kier molecular flexibility index (Phi) is 10.8. The van der Waals surface area contributed by atoms with Gasteiger partial charge in [0.05, 0.1) is 36.3 Å². The van der Waals surface area contributed by atoms with Crippen LogP contribution < -0.4 is 0 Å². The average molecular weight is 777 g/mol. The van der Waals surface area contributed by atoms with Gasteiger partial charge in [-0.3, -0.25) is 0 Å². The first kappa shape index (κ1) is 41.2. The number of esters is 2. The van der Waals surface area contributed by atoms with Crippen molar-refractivity contribution in [2.24, 2.45) is 50.2 Å². The highest BCUT2D eigenvalue weighted by molar-refractivity contribution is 5.87. The van der Waals surface area contributed by atoms with Gasteiger partial charge in [0.1, 0.15) is 12.2 Å². The van der Waals surface area contributed by atoms with E-state index in [9.17, 15) is 30.0 Å². The molecule has 5 aliphatic rings. The summed E-state index contributed by atoms with van der Waals surface area (Å²) >= 11 is 0. The first-order valence-corrected chi connectivity index (χ1v) is 20.7. The van der Waals surface area contributed by atoms with E-state index in [4.69, 9.17) is 15.9 Å². The van der Waals surface area contributed by atoms with E-state index in [1.54, 1.807) is 12.2 Å². The van der Waals surface area contributed by atoms with E-state index in [1.807, 2.05) is 74.5 Å². The fraction of sp³-hybridized carbons (Fsp3) is 0.551. The van der Waals surface area contributed by atoms with Crippen LogP contribution in [-0.2, 0) is 19.1 Å². The van der Waals surface area contributed by atoms with Crippen molar-refractivity contribution in [3.63, 3.8) is 0 Å². The number of allylic oxidation sites excluding steroid dienone is 2. The van der Waals surface area contributed by atoms with Gasteiger partial charge in [0.25, 0.3) is 0 Å². The van der Waals surface area contributed by atoms with Crippen molar-refractivity contribution in [3.8, 4) is 12.3 Å². The molecular weight excluding hydrogens is 717 g/mol. The number of hydrogen-bond donors (Lipinski definition) is 4. The Morgan fingerprint density at radius 3 is 2.04 bits per heavy atom. The van der Waals surface area contributed by atoms with Gasteiger partial charge in [0, 0.05) is 23.0 Å². The van der Waals surface area contributed by atoms with Crippen molar-refractivity contribution in [3.05, 3.63) is 95.6 Å². The summed E-state index contributed by atoms with van der Waals surface area (Å²) in [4.78, 5) is 26.2. The quantitative estimate of drug-likeness (QED) is 0.0961. The van der Waals surface area contributed by atoms with Gasteiger partial charge in [0.15, 0.2) is 0 Å². The number of benzene rings is 2. The standard InChI is InChI=1S/C49H60O8/c1-7-48-29-39(52)49(30-50)35(28-44(2,3)43(42(49)55)57-41(54)23-19-33-16-12-9-13-17-33)34(48)20-21-37-45(4)26-25-38(51)46(5,36(45)24-27-47(37,48)6)31-56-40(53)22-18-32-14-10-8-11-15-32/h1,8-20,22-23,35-39,42-43,50-52,55H,21,24-31H2,2-6H3/b22-18+,23-19+/t35?,36?,37?,38-,39+,42-,43-,45-,46+,47+,48+,49-/m0/s1. The first-order valence-electron chi connectivity index (χ1n) is 20.7. The zero-order valence-corrected chi connectivity index (χ0v) is 34.1. The molecule has 0 amide bonds. The summed E-state index contributed by atoms with van der Waals surface area (Å²) in [7, 11) is 0. The minimum Gasteiger partial charge on any atom is -0.462 e. The number of rotatable bonds is 8. The predicted octanol–water partition coefficient (Wildman–Crippen LogP) is 7.17. The molecule has 4 N–H and O–H groups in total. The van der Waals surface area contributed by atoms with Gasteiger partial charge < -0.3 is 29.9 Å². The summed E-state index contributed by atoms with van der Waals surface area (Å²) in [6, 6.07) is 19.0. The topological polar surface area (TPSA) is 134 Å². The first-order chi connectivity index (χ1) is 27.0. The zero-order valence-electron chi connectivity index (χ0n) is 34.1. The smallest absolute Gasteiger partial charge is 0.331 e. The fourth-order valence-electron chi connectivity index (χ4n) is 12.9. The Bertz CT molecular complexity index is 1960. The lowest BCUT2D eigenvalue weighted by atomic mass is 9.32. The van der Waals surface area contributed by atoms with Crippen LogP contribution in [0.2, 0.25) is 0 Å². The summed E-state index contributed by atoms with van der Waals surface area (Å²) in [5.74, 6) is 1.89. The molecule has 8 heteroatoms. The molecule has 0 radical (unpaired) electrons. The van der Waals surface area contributed by atoms with Crippen LogP contribution in [0, 0.1) is 62.6 Å². The molecule has 0 spiro atoms. The van der Waals surface area contributed by atoms with Gasteiger partial charge in [-0.05, 0) is 96.8 Å². The highest BCUT2D eigenvalue weighted by Gasteiger charge is 2.74. The van der Waals surface area contributed by atoms with E-state index in [1.165, 1.54) is 12.2 Å². The van der Waals surface area contributed by atoms with Crippen LogP contribution in [0.4, 0.5) is 0 Å². The number of fused-ring (bicyclic) bond motifs is 7. The molecular formula is C49H60O8. The van der Waals surface area contributed by atoms with Crippen LogP contribution in [0.1, 0.15) is 90.7 Å². The molecule has 0 bridgehead atoms. The van der Waals surface area contributed by atoms with Crippen LogP contribution in [0.15, 0.2) is 84.5 Å². The van der Waals surface area contributed by atoms with E-state index in [2.05, 4.69) is 32.8 Å². The summed E-state index contributed by atoms with van der Waals surface area (Å²) in [5, 5.41) is 47.6. The molecule has 5 aliphatic carbocycles. The van der Waals surface area contributed by atoms with Crippen LogP contribution >= 0.6 is 0 Å². The molecule has 2 aromatic rings. The molecule has 7 rings (SSSR count). The van der Waals surface area contributed by atoms with Crippen molar-refractivity contribution in [2.45, 2.75) is 104 Å². The van der Waals surface area contributed by atoms with Gasteiger partial charge in [-0.25, -0.2) is 9.59 Å². The lowest BCUT2D eigenvalue weighted by Crippen LogP contribution is -2.72. The van der Waals surface area contributed by atoms with Gasteiger partial charge in [-0.15, -0.1) is 6.42 Å². The zero-order chi connectivity index (χ0) is 41.0. The highest BCUT2D eigenvalue weighted by atomic mass is 16.6. The van der Waals surface area contributed by atoms with Crippen molar-refractivity contribution in [2.75, 3.05) is 13.2 Å². The van der Waals surface area contributed by atoms with Crippen molar-refractivity contribution < 1.29 is 39.5 Å². The number of carbonyl (C=O) groups is 2. The van der Waals surface area contributed by atoms with E-state index in [0.717, 1.165) is 36.0 Å². The number of ether oxygens (including phenoxy) is 2. The number of aliphatic hydroxyl groups is 4. The Hall–Kier alpha value is -4.00. The molecule has 0 aromatic heterocycles. The Balaban J connectivity index is 1.18. The molecule has 0 aliphatic heterocycles. The Morgan fingerprint density at radius 2 is 1.44 bits per heavy atom. The Labute approximate surface area is 338 Å². The van der Waals surface area contributed by atoms with E-state index < -0.39 is 76.0 Å². The van der Waals surface area contributed by atoms with Gasteiger partial charge in [0.2, 0.25) is 0 Å². The number of aliphatic hydroxyl groups excluding tert-OH is 4. The third-order valence-corrected chi connectivity index (χ3v) is 16.1. The lowest BCUT2D eigenvalue weighted by Gasteiger charge is -2.72. The second-order valence-corrected chi connectivity index (χ2v) is 19.2. The molecule has 304 valence electrons. The Morgan fingerprint density at radius 1 is 0.825 bits per heavy atom. The normalized spacial score (nSPS) is 40.8. The van der Waals surface area contributed by atoms with Gasteiger partial charge in [-0.2, -0.15) is 0 Å². The van der Waals surface area contributed by atoms with Gasteiger partial charge in [-0.1, -0.05) is 113 Å². The average Bonchev–Trinajstić information content (AvgIpc) is 3.19. The second-order valence-electron chi connectivity index (χ2n) is 19.2. The molecule has 4 fully saturated rings. The molecule has 4 saturated carbocycles. The molecule has 3 unspecified atom stereocenters. The van der Waals surface area contributed by atoms with E-state index in [-0.39, 0.29) is 30.3 Å². The molecule has 57 heavy (non-hydrogen) atoms. The third kappa shape index (κ3) is 6.45. The van der Waals surface area contributed by atoms with Crippen LogP contribution in [0.25, 0.3) is 12.2 Å². The summed E-state index contributed by atoms with van der Waals surface area (Å²) < 4.78 is 11.9. The van der Waals surface area contributed by atoms with Gasteiger partial charge >= 0.3 is 11.9 Å². The largest absolute Gasteiger partial charge is 0.462 e. The van der Waals surface area contributed by atoms with E-state index >= 15 is 0 Å². The number of carbonyl (C=O) groups excluding carboxylic acids is 2. The SMILES string of the molecule is C#C[C@@]12C[C@@H](O)[C@]3(CO)C(CC(C)(C)[C@@H](OC(=O)/C=C/c4ccccc4)[C@@H]3O)C1=CCC1[C@@]3(C)CC[C@H](O)[C@](C)(COC(=O)/C=C/c4ccccc4)C3CC[C@]12C. The van der Waals surface area contributed by atoms with Crippen molar-refractivity contribution >= 4 is 24.1 Å². The molecule has 2 aromatic carbocycles. The maximum atomic E-state index is 13.2. The van der Waals surface area contributed by atoms with Crippen LogP contribution in [0.3, 0.4) is 0 Å². The third-order valence-electron chi connectivity index (χ3n) is 16.1. The monoisotopic (exact) mass is 776 g/mol. The maximum absolute atomic E-state index is 13.2. The number of hydrogen-bond acceptors (Lipinski definition) is 8. The summed E-state index contributed by atoms with van der Waals surface area (Å²) in [5.41, 5.74) is -1.69. The lowest BCUT2D eigenvalue weighted by molar-refractivity contribution is -0.257. The second kappa shape index (κ2) is 15.0. The predicted molar refractivity (Wildman–Crippen MR) is 220 cm³/mol. The fourth-order valence-corrected chi connectivity index (χ4v) is 12.9. The van der Waals surface area contributed by atoms with Crippen LogP contribution in [-0.4, -0.2) is 70.0 Å². The molecule has 0 heterocycles. The maximum Gasteiger partial charge on any atom is 0.331 e. The minimum absolute atomic E-state index is 0.0365. The summed E-state index contributed by atoms with van der Waals surface area (Å²) in [6.45, 7) is 10.2. The van der Waals surface area contributed by atoms with Crippen molar-refractivity contribution in [1.82, 2.24) is 0 Å².